The molecular formula is C37H36Ti. The van der Waals surface area contributed by atoms with Crippen LogP contribution in [0.25, 0.3) is 43.8 Å². The van der Waals surface area contributed by atoms with E-state index in [1.807, 2.05) is 0 Å². The molecule has 0 bridgehead atoms. The van der Waals surface area contributed by atoms with Crippen molar-refractivity contribution in [2.45, 2.75) is 40.5 Å². The quantitative estimate of drug-likeness (QED) is 0.158. The van der Waals surface area contributed by atoms with Crippen molar-refractivity contribution in [2.24, 2.45) is 0 Å². The molecule has 0 aromatic heterocycles. The number of aryl methyl sites for hydroxylation is 4. The average Bonchev–Trinajstić information content (AvgIpc) is 3.59. The van der Waals surface area contributed by atoms with Crippen molar-refractivity contribution in [3.63, 3.8) is 0 Å². The maximum absolute atomic E-state index is 3.25. The molecule has 38 heavy (non-hydrogen) atoms. The van der Waals surface area contributed by atoms with Gasteiger partial charge in [0.15, 0.2) is 0 Å². The molecule has 0 saturated heterocycles. The fourth-order valence-electron chi connectivity index (χ4n) is 4.97. The van der Waals surface area contributed by atoms with Gasteiger partial charge in [-0.25, -0.2) is 0 Å². The van der Waals surface area contributed by atoms with E-state index in [0.29, 0.717) is 0 Å². The second-order valence-electron chi connectivity index (χ2n) is 9.78. The molecule has 188 valence electrons. The summed E-state index contributed by atoms with van der Waals surface area (Å²) in [4.78, 5) is 3.25. The molecule has 0 atom stereocenters. The first-order valence-electron chi connectivity index (χ1n) is 13.4. The van der Waals surface area contributed by atoms with E-state index in [2.05, 4.69) is 142 Å². The van der Waals surface area contributed by atoms with Crippen LogP contribution in [0.3, 0.4) is 0 Å². The van der Waals surface area contributed by atoms with Crippen LogP contribution < -0.4 is 0 Å². The van der Waals surface area contributed by atoms with Crippen LogP contribution in [-0.4, -0.2) is 4.82 Å². The predicted octanol–water partition coefficient (Wildman–Crippen LogP) is 10.2. The molecule has 0 unspecified atom stereocenters. The van der Waals surface area contributed by atoms with Gasteiger partial charge in [-0.3, -0.25) is 0 Å². The van der Waals surface area contributed by atoms with Gasteiger partial charge in [0.05, 0.1) is 0 Å². The first-order valence-corrected chi connectivity index (χ1v) is 14.5. The first-order chi connectivity index (χ1) is 18.6. The molecule has 0 aliphatic rings. The molecule has 0 heterocycles. The Bertz CT molecular complexity index is 1480. The predicted molar refractivity (Wildman–Crippen MR) is 165 cm³/mol. The van der Waals surface area contributed by atoms with Gasteiger partial charge >= 0.3 is 24.8 Å². The molecule has 0 amide bonds. The summed E-state index contributed by atoms with van der Waals surface area (Å²) >= 11 is 1.75. The molecule has 0 aliphatic carbocycles. The van der Waals surface area contributed by atoms with E-state index in [1.54, 1.807) is 20.0 Å². The molecule has 0 aliphatic heterocycles. The van der Waals surface area contributed by atoms with Crippen LogP contribution in [-0.2, 0) is 32.8 Å². The fourth-order valence-corrected chi connectivity index (χ4v) is 4.97. The van der Waals surface area contributed by atoms with Crippen molar-refractivity contribution in [1.82, 2.24) is 0 Å². The van der Waals surface area contributed by atoms with Crippen LogP contribution in [0.1, 0.15) is 36.1 Å². The van der Waals surface area contributed by atoms with Gasteiger partial charge in [0.2, 0.25) is 0 Å². The number of hydrogen-bond acceptors (Lipinski definition) is 0. The van der Waals surface area contributed by atoms with Gasteiger partial charge in [-0.1, -0.05) is 96.8 Å². The van der Waals surface area contributed by atoms with Crippen molar-refractivity contribution in [2.75, 3.05) is 0 Å². The summed E-state index contributed by atoms with van der Waals surface area (Å²) in [5.74, 6) is 0. The third-order valence-electron chi connectivity index (χ3n) is 7.16. The minimum atomic E-state index is 1.10. The Labute approximate surface area is 239 Å². The normalized spacial score (nSPS) is 10.6. The van der Waals surface area contributed by atoms with Gasteiger partial charge in [0.25, 0.3) is 0 Å². The Morgan fingerprint density at radius 1 is 0.553 bits per heavy atom. The van der Waals surface area contributed by atoms with E-state index in [0.717, 1.165) is 12.8 Å². The monoisotopic (exact) mass is 528 g/mol. The second-order valence-corrected chi connectivity index (χ2v) is 9.78. The van der Waals surface area contributed by atoms with Gasteiger partial charge in [0.1, 0.15) is 0 Å². The summed E-state index contributed by atoms with van der Waals surface area (Å²) in [5, 5.41) is 5.45. The van der Waals surface area contributed by atoms with Gasteiger partial charge in [-0.2, -0.15) is 12.1 Å². The number of benzene rings is 4. The zero-order valence-corrected chi connectivity index (χ0v) is 24.6. The van der Waals surface area contributed by atoms with Crippen LogP contribution in [0.2, 0.25) is 0 Å². The van der Waals surface area contributed by atoms with Crippen molar-refractivity contribution >= 4 is 26.4 Å². The molecule has 0 saturated carbocycles. The Morgan fingerprint density at radius 2 is 0.921 bits per heavy atom. The summed E-state index contributed by atoms with van der Waals surface area (Å²) in [6.45, 7) is 8.67. The Morgan fingerprint density at radius 3 is 1.26 bits per heavy atom. The summed E-state index contributed by atoms with van der Waals surface area (Å²) in [6, 6.07) is 39.9. The Balaban J connectivity index is 0.000000166. The van der Waals surface area contributed by atoms with Gasteiger partial charge in [0, 0.05) is 0 Å². The molecule has 6 rings (SSSR count). The molecule has 0 N–H and O–H groups in total. The molecule has 0 radical (unpaired) electrons. The van der Waals surface area contributed by atoms with E-state index in [-0.39, 0.29) is 0 Å². The van der Waals surface area contributed by atoms with Gasteiger partial charge in [-0.15, -0.1) is 69.1 Å². The van der Waals surface area contributed by atoms with Crippen LogP contribution in [0.15, 0.2) is 109 Å². The Hall–Kier alpha value is -3.32. The van der Waals surface area contributed by atoms with Crippen LogP contribution in [0.4, 0.5) is 0 Å². The van der Waals surface area contributed by atoms with E-state index < -0.39 is 0 Å². The van der Waals surface area contributed by atoms with Crippen molar-refractivity contribution in [1.29, 1.82) is 0 Å². The third-order valence-corrected chi connectivity index (χ3v) is 7.16. The topological polar surface area (TPSA) is 0 Å². The van der Waals surface area contributed by atoms with Crippen LogP contribution in [0, 0.1) is 13.8 Å². The van der Waals surface area contributed by atoms with Gasteiger partial charge < -0.3 is 0 Å². The zero-order chi connectivity index (χ0) is 27.1. The molecule has 0 spiro atoms. The van der Waals surface area contributed by atoms with E-state index in [4.69, 9.17) is 0 Å². The number of fused-ring (bicyclic) bond motifs is 2. The third kappa shape index (κ3) is 6.21. The van der Waals surface area contributed by atoms with Crippen LogP contribution >= 0.6 is 0 Å². The molecule has 0 nitrogen and oxygen atoms in total. The second kappa shape index (κ2) is 13.0. The number of rotatable bonds is 4. The molecular weight excluding hydrogens is 492 g/mol. The zero-order valence-electron chi connectivity index (χ0n) is 23.0. The Kier molecular flexibility index (Phi) is 9.45. The summed E-state index contributed by atoms with van der Waals surface area (Å²) in [5.41, 5.74) is 10.7. The molecule has 0 fully saturated rings. The first kappa shape index (κ1) is 27.7. The van der Waals surface area contributed by atoms with Crippen molar-refractivity contribution in [3.05, 3.63) is 131 Å². The summed E-state index contributed by atoms with van der Waals surface area (Å²) < 4.78 is 0. The number of hydrogen-bond donors (Lipinski definition) is 0. The SMILES string of the molecule is CCc1cc2c(-c3ccc(C)cc3)cccc2[cH-]1.CCc1cc2c(-c3ccc(C)cc3)cccc2[cH-]1.[CH2]=[Ti+2]. The molecule has 6 aromatic rings. The van der Waals surface area contributed by atoms with Crippen molar-refractivity contribution < 1.29 is 20.0 Å². The fraction of sp³-hybridized carbons (Fsp3) is 0.162. The van der Waals surface area contributed by atoms with E-state index >= 15 is 0 Å². The maximum atomic E-state index is 3.25. The summed E-state index contributed by atoms with van der Waals surface area (Å²) in [7, 11) is 0. The van der Waals surface area contributed by atoms with Crippen LogP contribution in [0.5, 0.6) is 0 Å². The van der Waals surface area contributed by atoms with Gasteiger partial charge in [-0.05, 0) is 37.8 Å². The van der Waals surface area contributed by atoms with Crippen molar-refractivity contribution in [3.8, 4) is 22.3 Å². The molecule has 6 aromatic carbocycles. The minimum absolute atomic E-state index is 1.10. The van der Waals surface area contributed by atoms with E-state index in [1.165, 1.54) is 66.1 Å². The molecule has 1 heteroatoms. The standard InChI is InChI=1S/2C18H17.CH2.Ti/c2*1-3-14-11-16-5-4-6-17(18(16)12-14)15-9-7-13(2)8-10-15;;/h2*4-12H,3H2,1-2H3;1H2;/q2*-1;;+2. The average molecular weight is 529 g/mol. The summed E-state index contributed by atoms with van der Waals surface area (Å²) in [6.07, 6.45) is 2.20. The van der Waals surface area contributed by atoms with E-state index in [9.17, 15) is 0 Å².